The van der Waals surface area contributed by atoms with E-state index in [2.05, 4.69) is 11.9 Å². The number of fused-ring (bicyclic) bond motifs is 1. The van der Waals surface area contributed by atoms with E-state index in [1.165, 1.54) is 35.2 Å². The molecule has 4 rings (SSSR count). The van der Waals surface area contributed by atoms with E-state index in [0.717, 1.165) is 5.56 Å². The molecule has 0 bridgehead atoms. The fourth-order valence-electron chi connectivity index (χ4n) is 4.77. The smallest absolute Gasteiger partial charge is 0.251 e. The summed E-state index contributed by atoms with van der Waals surface area (Å²) in [5.74, 6) is -1.16. The van der Waals surface area contributed by atoms with Gasteiger partial charge in [0.05, 0.1) is 17.8 Å². The molecule has 1 aromatic heterocycles. The molecule has 4 aromatic rings. The van der Waals surface area contributed by atoms with Crippen molar-refractivity contribution in [1.82, 2.24) is 14.8 Å². The first-order valence-corrected chi connectivity index (χ1v) is 13.0. The van der Waals surface area contributed by atoms with Gasteiger partial charge in [-0.05, 0) is 64.9 Å². The monoisotopic (exact) mass is 571 g/mol. The maximum atomic E-state index is 12.8. The van der Waals surface area contributed by atoms with E-state index in [9.17, 15) is 19.5 Å². The number of nitrogens with one attached hydrogen (secondary N) is 1. The van der Waals surface area contributed by atoms with Crippen molar-refractivity contribution >= 4 is 34.3 Å². The maximum Gasteiger partial charge on any atom is 0.251 e. The van der Waals surface area contributed by atoms with Crippen LogP contribution in [0, 0.1) is 0 Å². The lowest BCUT2D eigenvalue weighted by Gasteiger charge is -2.36. The van der Waals surface area contributed by atoms with Gasteiger partial charge in [-0.1, -0.05) is 48.5 Å². The lowest BCUT2D eigenvalue weighted by Crippen LogP contribution is -2.37. The van der Waals surface area contributed by atoms with E-state index in [4.69, 9.17) is 23.1 Å². The Morgan fingerprint density at radius 3 is 2.39 bits per heavy atom. The molecule has 0 saturated heterocycles. The van der Waals surface area contributed by atoms with Crippen molar-refractivity contribution < 1.29 is 14.7 Å². The summed E-state index contributed by atoms with van der Waals surface area (Å²) in [5, 5.41) is 16.2. The Labute approximate surface area is 241 Å². The number of benzene rings is 3. The molecule has 0 spiro atoms. The molecule has 0 saturated carbocycles. The van der Waals surface area contributed by atoms with Gasteiger partial charge < -0.3 is 31.4 Å². The van der Waals surface area contributed by atoms with E-state index in [1.54, 1.807) is 67.5 Å². The number of primary amides is 1. The molecule has 210 valence electrons. The molecule has 1 atom stereocenters. The highest BCUT2D eigenvalue weighted by molar-refractivity contribution is 6.30. The molecule has 0 aliphatic rings. The van der Waals surface area contributed by atoms with Gasteiger partial charge in [-0.3, -0.25) is 14.4 Å². The Balaban J connectivity index is 1.96. The molecule has 0 fully saturated rings. The zero-order valence-corrected chi connectivity index (χ0v) is 23.4. The van der Waals surface area contributed by atoms with E-state index in [-0.39, 0.29) is 17.7 Å². The van der Waals surface area contributed by atoms with Crippen molar-refractivity contribution in [2.45, 2.75) is 5.60 Å². The number of hydrogen-bond donors (Lipinski definition) is 4. The van der Waals surface area contributed by atoms with Crippen LogP contribution >= 0.6 is 11.6 Å². The van der Waals surface area contributed by atoms with E-state index in [0.29, 0.717) is 38.3 Å². The van der Waals surface area contributed by atoms with Crippen molar-refractivity contribution in [2.75, 3.05) is 13.6 Å². The number of aromatic nitrogens is 1. The van der Waals surface area contributed by atoms with Gasteiger partial charge in [-0.2, -0.15) is 0 Å². The van der Waals surface area contributed by atoms with Gasteiger partial charge in [0.15, 0.2) is 5.60 Å². The summed E-state index contributed by atoms with van der Waals surface area (Å²) in [7, 11) is 3.38. The number of rotatable bonds is 9. The van der Waals surface area contributed by atoms with Crippen LogP contribution in [0.4, 0.5) is 0 Å². The van der Waals surface area contributed by atoms with Crippen molar-refractivity contribution in [3.05, 3.63) is 130 Å². The minimum Gasteiger partial charge on any atom is -0.403 e. The van der Waals surface area contributed by atoms with Crippen molar-refractivity contribution in [2.24, 2.45) is 18.5 Å². The standard InChI is InChI=1S/C31H30ClN5O4/c1-4-36(2)27(17-33)31(41,21-10-8-19(9-11-21)30(40)35-18-28(34)38)22-12-13-26-25(15-22)24(16-29(39)37(26)3)20-6-5-7-23(32)14-20/h4-17,41H,1,18,33H2,2-3H3,(H2,34,38)(H,35,40)/b27-17-. The van der Waals surface area contributed by atoms with Gasteiger partial charge in [0.2, 0.25) is 5.91 Å². The van der Waals surface area contributed by atoms with Crippen molar-refractivity contribution in [3.63, 3.8) is 0 Å². The van der Waals surface area contributed by atoms with Crippen LogP contribution in [-0.4, -0.2) is 40.0 Å². The number of nitrogens with zero attached hydrogens (tertiary/aromatic N) is 2. The van der Waals surface area contributed by atoms with Gasteiger partial charge >= 0.3 is 0 Å². The number of likely N-dealkylation sites (N-methyl/N-ethyl adjacent to an activating group) is 1. The fraction of sp³-hybridized carbons (Fsp3) is 0.129. The Hall–Kier alpha value is -4.86. The van der Waals surface area contributed by atoms with Gasteiger partial charge in [-0.15, -0.1) is 0 Å². The summed E-state index contributed by atoms with van der Waals surface area (Å²) in [5.41, 5.74) is 12.6. The molecule has 0 aliphatic carbocycles. The molecule has 2 amide bonds. The van der Waals surface area contributed by atoms with Gasteiger partial charge in [-0.25, -0.2) is 0 Å². The predicted octanol–water partition coefficient (Wildman–Crippen LogP) is 3.19. The lowest BCUT2D eigenvalue weighted by atomic mass is 9.81. The third kappa shape index (κ3) is 5.58. The molecular weight excluding hydrogens is 542 g/mol. The molecule has 3 aromatic carbocycles. The van der Waals surface area contributed by atoms with Crippen LogP contribution in [-0.2, 0) is 17.4 Å². The van der Waals surface area contributed by atoms with Crippen LogP contribution in [0.15, 0.2) is 102 Å². The van der Waals surface area contributed by atoms with Crippen LogP contribution < -0.4 is 22.3 Å². The largest absolute Gasteiger partial charge is 0.403 e. The normalized spacial score (nSPS) is 12.9. The summed E-state index contributed by atoms with van der Waals surface area (Å²) in [6.07, 6.45) is 2.80. The number of aliphatic hydroxyl groups is 1. The third-order valence-corrected chi connectivity index (χ3v) is 7.21. The van der Waals surface area contributed by atoms with Crippen LogP contribution in [0.25, 0.3) is 22.0 Å². The van der Waals surface area contributed by atoms with E-state index >= 15 is 0 Å². The van der Waals surface area contributed by atoms with Crippen LogP contribution in [0.3, 0.4) is 0 Å². The number of aryl methyl sites for hydroxylation is 1. The number of halogens is 1. The molecule has 9 nitrogen and oxygen atoms in total. The van der Waals surface area contributed by atoms with Gasteiger partial charge in [0.1, 0.15) is 0 Å². The first-order valence-electron chi connectivity index (χ1n) is 12.6. The first-order chi connectivity index (χ1) is 19.5. The summed E-state index contributed by atoms with van der Waals surface area (Å²) in [6.45, 7) is 3.51. The molecule has 10 heteroatoms. The Kier molecular flexibility index (Phi) is 8.32. The van der Waals surface area contributed by atoms with Crippen LogP contribution in [0.2, 0.25) is 5.02 Å². The highest BCUT2D eigenvalue weighted by Crippen LogP contribution is 2.40. The second-order valence-electron chi connectivity index (χ2n) is 9.48. The minimum absolute atomic E-state index is 0.199. The molecular formula is C31H30ClN5O4. The summed E-state index contributed by atoms with van der Waals surface area (Å²) < 4.78 is 1.53. The third-order valence-electron chi connectivity index (χ3n) is 6.97. The van der Waals surface area contributed by atoms with Crippen molar-refractivity contribution in [1.29, 1.82) is 0 Å². The molecule has 0 radical (unpaired) electrons. The van der Waals surface area contributed by atoms with Crippen LogP contribution in [0.5, 0.6) is 0 Å². The van der Waals surface area contributed by atoms with Gasteiger partial charge in [0.25, 0.3) is 11.5 Å². The summed E-state index contributed by atoms with van der Waals surface area (Å²) in [4.78, 5) is 38.0. The zero-order chi connectivity index (χ0) is 29.9. The average molecular weight is 572 g/mol. The quantitative estimate of drug-likeness (QED) is 0.243. The Bertz CT molecular complexity index is 1750. The zero-order valence-electron chi connectivity index (χ0n) is 22.6. The average Bonchev–Trinajstić information content (AvgIpc) is 2.97. The van der Waals surface area contributed by atoms with Crippen molar-refractivity contribution in [3.8, 4) is 11.1 Å². The molecule has 1 heterocycles. The maximum absolute atomic E-state index is 12.8. The Morgan fingerprint density at radius 1 is 1.10 bits per heavy atom. The van der Waals surface area contributed by atoms with E-state index in [1.807, 2.05) is 6.07 Å². The highest BCUT2D eigenvalue weighted by atomic mass is 35.5. The number of nitrogens with two attached hydrogens (primary N) is 2. The summed E-state index contributed by atoms with van der Waals surface area (Å²) in [6, 6.07) is 20.3. The lowest BCUT2D eigenvalue weighted by molar-refractivity contribution is -0.117. The number of pyridine rings is 1. The predicted molar refractivity (Wildman–Crippen MR) is 161 cm³/mol. The number of hydrogen-bond acceptors (Lipinski definition) is 6. The molecule has 6 N–H and O–H groups in total. The molecule has 41 heavy (non-hydrogen) atoms. The first kappa shape index (κ1) is 29.1. The Morgan fingerprint density at radius 2 is 1.78 bits per heavy atom. The number of carbonyl (C=O) groups excluding carboxylic acids is 2. The second kappa shape index (κ2) is 11.7. The SMILES string of the molecule is C=CN(C)/C(=C\N)C(O)(c1ccc(C(=O)NCC(N)=O)cc1)c1ccc2c(c1)c(-c1cccc(Cl)c1)cc(=O)n2C. The minimum atomic E-state index is -1.81. The fourth-order valence-corrected chi connectivity index (χ4v) is 4.96. The molecule has 1 unspecified atom stereocenters. The number of carbonyl (C=O) groups is 2. The topological polar surface area (TPSA) is 144 Å². The van der Waals surface area contributed by atoms with Gasteiger partial charge in [0, 0.05) is 42.3 Å². The molecule has 0 aliphatic heterocycles. The van der Waals surface area contributed by atoms with Crippen LogP contribution in [0.1, 0.15) is 21.5 Å². The highest BCUT2D eigenvalue weighted by Gasteiger charge is 2.38. The summed E-state index contributed by atoms with van der Waals surface area (Å²) >= 11 is 6.27. The second-order valence-corrected chi connectivity index (χ2v) is 9.92. The van der Waals surface area contributed by atoms with E-state index < -0.39 is 17.4 Å². The number of amides is 2.